The molecule has 1 aliphatic rings. The summed E-state index contributed by atoms with van der Waals surface area (Å²) in [6.07, 6.45) is 0.976. The number of amides is 1. The summed E-state index contributed by atoms with van der Waals surface area (Å²) in [4.78, 5) is 15.0. The van der Waals surface area contributed by atoms with Gasteiger partial charge in [0.2, 0.25) is 0 Å². The lowest BCUT2D eigenvalue weighted by Gasteiger charge is -2.35. The number of hydrogen-bond acceptors (Lipinski definition) is 3. The van der Waals surface area contributed by atoms with E-state index in [1.54, 1.807) is 11.3 Å². The van der Waals surface area contributed by atoms with Gasteiger partial charge in [-0.3, -0.25) is 9.69 Å². The summed E-state index contributed by atoms with van der Waals surface area (Å²) in [6, 6.07) is 14.8. The van der Waals surface area contributed by atoms with Crippen molar-refractivity contribution in [1.82, 2.24) is 10.2 Å². The van der Waals surface area contributed by atoms with Crippen molar-refractivity contribution in [3.05, 3.63) is 92.4 Å². The van der Waals surface area contributed by atoms with E-state index in [4.69, 9.17) is 11.6 Å². The largest absolute Gasteiger partial charge is 0.350 e. The zero-order chi connectivity index (χ0) is 19.5. The van der Waals surface area contributed by atoms with Crippen LogP contribution >= 0.6 is 22.9 Å². The zero-order valence-electron chi connectivity index (χ0n) is 15.2. The molecule has 1 amide bonds. The quantitative estimate of drug-likeness (QED) is 0.632. The van der Waals surface area contributed by atoms with Gasteiger partial charge >= 0.3 is 0 Å². The predicted octanol–water partition coefficient (Wildman–Crippen LogP) is 5.07. The van der Waals surface area contributed by atoms with Crippen LogP contribution in [0, 0.1) is 5.82 Å². The molecule has 0 spiro atoms. The molecule has 0 bridgehead atoms. The number of fused-ring (bicyclic) bond motifs is 1. The Bertz CT molecular complexity index is 956. The van der Waals surface area contributed by atoms with Gasteiger partial charge in [-0.25, -0.2) is 4.39 Å². The Morgan fingerprint density at radius 1 is 1.18 bits per heavy atom. The van der Waals surface area contributed by atoms with Crippen LogP contribution in [-0.4, -0.2) is 23.9 Å². The van der Waals surface area contributed by atoms with Crippen LogP contribution in [0.25, 0.3) is 0 Å². The average molecular weight is 415 g/mol. The van der Waals surface area contributed by atoms with E-state index in [-0.39, 0.29) is 16.6 Å². The summed E-state index contributed by atoms with van der Waals surface area (Å²) < 4.78 is 14.1. The molecule has 144 valence electrons. The maximum Gasteiger partial charge on any atom is 0.255 e. The van der Waals surface area contributed by atoms with Gasteiger partial charge in [0, 0.05) is 19.6 Å². The molecular formula is C22H20ClFN2OS. The SMILES string of the molecule is O=C(NC[C@H](c1ccsc1)N1CCc2ccccc2C1)c1c(F)cccc1Cl. The van der Waals surface area contributed by atoms with E-state index in [0.717, 1.165) is 25.1 Å². The van der Waals surface area contributed by atoms with Gasteiger partial charge in [0.05, 0.1) is 16.6 Å². The van der Waals surface area contributed by atoms with Crippen LogP contribution in [0.4, 0.5) is 4.39 Å². The first-order valence-electron chi connectivity index (χ1n) is 9.18. The van der Waals surface area contributed by atoms with Crippen LogP contribution in [0.2, 0.25) is 5.02 Å². The molecule has 1 aromatic heterocycles. The van der Waals surface area contributed by atoms with Gasteiger partial charge in [0.25, 0.3) is 5.91 Å². The van der Waals surface area contributed by atoms with E-state index in [0.29, 0.717) is 6.54 Å². The molecule has 3 aromatic rings. The minimum absolute atomic E-state index is 0.0223. The molecule has 1 N–H and O–H groups in total. The van der Waals surface area contributed by atoms with Crippen LogP contribution in [0.1, 0.15) is 33.1 Å². The van der Waals surface area contributed by atoms with Gasteiger partial charge in [-0.15, -0.1) is 0 Å². The van der Waals surface area contributed by atoms with Gasteiger partial charge in [0.15, 0.2) is 0 Å². The number of benzene rings is 2. The monoisotopic (exact) mass is 414 g/mol. The minimum atomic E-state index is -0.607. The summed E-state index contributed by atoms with van der Waals surface area (Å²) in [7, 11) is 0. The molecule has 2 aromatic carbocycles. The number of nitrogens with zero attached hydrogens (tertiary/aromatic N) is 1. The second-order valence-electron chi connectivity index (χ2n) is 6.87. The third kappa shape index (κ3) is 3.97. The maximum absolute atomic E-state index is 14.1. The number of carbonyl (C=O) groups excluding carboxylic acids is 1. The molecule has 28 heavy (non-hydrogen) atoms. The lowest BCUT2D eigenvalue weighted by atomic mass is 9.97. The first-order valence-corrected chi connectivity index (χ1v) is 10.5. The molecule has 0 fully saturated rings. The minimum Gasteiger partial charge on any atom is -0.350 e. The highest BCUT2D eigenvalue weighted by Gasteiger charge is 2.26. The number of carbonyl (C=O) groups is 1. The van der Waals surface area contributed by atoms with Crippen molar-refractivity contribution >= 4 is 28.8 Å². The molecule has 2 heterocycles. The van der Waals surface area contributed by atoms with Crippen LogP contribution in [0.5, 0.6) is 0 Å². The molecule has 1 aliphatic heterocycles. The summed E-state index contributed by atoms with van der Waals surface area (Å²) in [5, 5.41) is 7.15. The van der Waals surface area contributed by atoms with Crippen LogP contribution < -0.4 is 5.32 Å². The first-order chi connectivity index (χ1) is 13.6. The Labute approximate surface area is 172 Å². The van der Waals surface area contributed by atoms with E-state index in [2.05, 4.69) is 45.9 Å². The Kier molecular flexibility index (Phi) is 5.76. The standard InChI is InChI=1S/C22H20ClFN2OS/c23-18-6-3-7-19(24)21(18)22(27)25-12-20(17-9-11-28-14-17)26-10-8-15-4-1-2-5-16(15)13-26/h1-7,9,11,14,20H,8,10,12-13H2,(H,25,27)/t20-/m1/s1. The van der Waals surface area contributed by atoms with Gasteiger partial charge in [-0.2, -0.15) is 11.3 Å². The van der Waals surface area contributed by atoms with Gasteiger partial charge in [-0.1, -0.05) is 41.9 Å². The topological polar surface area (TPSA) is 32.3 Å². The third-order valence-electron chi connectivity index (χ3n) is 5.17. The van der Waals surface area contributed by atoms with E-state index >= 15 is 0 Å². The normalized spacial score (nSPS) is 15.1. The molecule has 3 nitrogen and oxygen atoms in total. The van der Waals surface area contributed by atoms with Crippen LogP contribution in [0.3, 0.4) is 0 Å². The first kappa shape index (κ1) is 19.1. The highest BCUT2D eigenvalue weighted by molar-refractivity contribution is 7.08. The summed E-state index contributed by atoms with van der Waals surface area (Å²) >= 11 is 7.67. The van der Waals surface area contributed by atoms with E-state index in [1.165, 1.54) is 29.3 Å². The summed E-state index contributed by atoms with van der Waals surface area (Å²) in [6.45, 7) is 2.13. The van der Waals surface area contributed by atoms with Crippen molar-refractivity contribution in [2.24, 2.45) is 0 Å². The van der Waals surface area contributed by atoms with E-state index < -0.39 is 11.7 Å². The van der Waals surface area contributed by atoms with Crippen LogP contribution in [0.15, 0.2) is 59.3 Å². The Morgan fingerprint density at radius 3 is 2.75 bits per heavy atom. The van der Waals surface area contributed by atoms with Gasteiger partial charge < -0.3 is 5.32 Å². The third-order valence-corrected chi connectivity index (χ3v) is 6.19. The van der Waals surface area contributed by atoms with Crippen molar-refractivity contribution in [2.45, 2.75) is 19.0 Å². The fourth-order valence-electron chi connectivity index (χ4n) is 3.70. The van der Waals surface area contributed by atoms with Gasteiger partial charge in [0.1, 0.15) is 5.82 Å². The van der Waals surface area contributed by atoms with E-state index in [1.807, 2.05) is 5.38 Å². The smallest absolute Gasteiger partial charge is 0.255 e. The number of nitrogens with one attached hydrogen (secondary N) is 1. The molecule has 6 heteroatoms. The maximum atomic E-state index is 14.1. The fourth-order valence-corrected chi connectivity index (χ4v) is 4.65. The lowest BCUT2D eigenvalue weighted by Crippen LogP contribution is -2.40. The summed E-state index contributed by atoms with van der Waals surface area (Å²) in [5.41, 5.74) is 3.75. The molecule has 0 saturated carbocycles. The Balaban J connectivity index is 1.53. The fraction of sp³-hybridized carbons (Fsp3) is 0.227. The Morgan fingerprint density at radius 2 is 2.00 bits per heavy atom. The highest BCUT2D eigenvalue weighted by atomic mass is 35.5. The molecule has 1 atom stereocenters. The number of hydrogen-bond donors (Lipinski definition) is 1. The van der Waals surface area contributed by atoms with Crippen molar-refractivity contribution in [2.75, 3.05) is 13.1 Å². The Hall–Kier alpha value is -2.21. The number of thiophene rings is 1. The van der Waals surface area contributed by atoms with Crippen molar-refractivity contribution in [3.8, 4) is 0 Å². The molecule has 4 rings (SSSR count). The number of halogens is 2. The molecular weight excluding hydrogens is 395 g/mol. The molecule has 0 aliphatic carbocycles. The van der Waals surface area contributed by atoms with E-state index in [9.17, 15) is 9.18 Å². The average Bonchev–Trinajstić information content (AvgIpc) is 3.22. The zero-order valence-corrected chi connectivity index (χ0v) is 16.8. The van der Waals surface area contributed by atoms with Crippen LogP contribution in [-0.2, 0) is 13.0 Å². The second-order valence-corrected chi connectivity index (χ2v) is 8.06. The molecule has 0 saturated heterocycles. The number of rotatable bonds is 5. The summed E-state index contributed by atoms with van der Waals surface area (Å²) in [5.74, 6) is -1.09. The van der Waals surface area contributed by atoms with Crippen molar-refractivity contribution in [3.63, 3.8) is 0 Å². The van der Waals surface area contributed by atoms with Gasteiger partial charge in [-0.05, 0) is 52.1 Å². The lowest BCUT2D eigenvalue weighted by molar-refractivity contribution is 0.0924. The molecule has 0 unspecified atom stereocenters. The highest BCUT2D eigenvalue weighted by Crippen LogP contribution is 2.29. The van der Waals surface area contributed by atoms with Crippen molar-refractivity contribution in [1.29, 1.82) is 0 Å². The predicted molar refractivity (Wildman–Crippen MR) is 111 cm³/mol. The molecule has 0 radical (unpaired) electrons. The van der Waals surface area contributed by atoms with Crippen molar-refractivity contribution < 1.29 is 9.18 Å². The second kappa shape index (κ2) is 8.43.